The normalized spacial score (nSPS) is 16.0. The first-order valence-corrected chi connectivity index (χ1v) is 3.81. The molecular formula is C8H11N3. The highest BCUT2D eigenvalue weighted by molar-refractivity contribution is 5.45. The maximum atomic E-state index is 5.70. The first kappa shape index (κ1) is 6.61. The lowest BCUT2D eigenvalue weighted by molar-refractivity contribution is 0.643. The van der Waals surface area contributed by atoms with E-state index in [1.807, 2.05) is 6.07 Å². The summed E-state index contributed by atoms with van der Waals surface area (Å²) in [6.07, 6.45) is 2.77. The third kappa shape index (κ3) is 1.07. The third-order valence-corrected chi connectivity index (χ3v) is 2.05. The number of nitrogen functional groups attached to an aromatic ring is 1. The van der Waals surface area contributed by atoms with E-state index < -0.39 is 0 Å². The summed E-state index contributed by atoms with van der Waals surface area (Å²) in [6.45, 7) is 1.95. The van der Waals surface area contributed by atoms with Crippen LogP contribution in [0.1, 0.15) is 11.1 Å². The number of nitrogens with two attached hydrogens (primary N) is 1. The first-order chi connectivity index (χ1) is 5.38. The topological polar surface area (TPSA) is 50.9 Å². The van der Waals surface area contributed by atoms with Crippen LogP contribution in [-0.2, 0) is 13.0 Å². The Morgan fingerprint density at radius 1 is 1.55 bits per heavy atom. The highest BCUT2D eigenvalue weighted by Gasteiger charge is 2.10. The Morgan fingerprint density at radius 3 is 3.27 bits per heavy atom. The molecular weight excluding hydrogens is 138 g/mol. The molecule has 0 radical (unpaired) electrons. The molecule has 0 spiro atoms. The van der Waals surface area contributed by atoms with Gasteiger partial charge in [0, 0.05) is 12.7 Å². The molecule has 11 heavy (non-hydrogen) atoms. The van der Waals surface area contributed by atoms with E-state index in [2.05, 4.69) is 10.3 Å². The van der Waals surface area contributed by atoms with Gasteiger partial charge in [-0.3, -0.25) is 0 Å². The molecule has 0 amide bonds. The number of anilines is 1. The van der Waals surface area contributed by atoms with E-state index in [-0.39, 0.29) is 0 Å². The van der Waals surface area contributed by atoms with Crippen LogP contribution >= 0.6 is 0 Å². The fourth-order valence-corrected chi connectivity index (χ4v) is 1.44. The van der Waals surface area contributed by atoms with E-state index in [0.717, 1.165) is 19.5 Å². The zero-order valence-electron chi connectivity index (χ0n) is 6.30. The Balaban J connectivity index is 2.49. The van der Waals surface area contributed by atoms with Crippen LogP contribution < -0.4 is 11.1 Å². The Bertz CT molecular complexity index is 270. The standard InChI is InChI=1S/C8H11N3/c9-8-7-2-3-10-5-6(7)1-4-11-8/h1,4,10H,2-3,5H2,(H2,9,11). The second-order valence-corrected chi connectivity index (χ2v) is 2.76. The van der Waals surface area contributed by atoms with Gasteiger partial charge in [0.1, 0.15) is 5.82 Å². The maximum Gasteiger partial charge on any atom is 0.126 e. The van der Waals surface area contributed by atoms with Crippen molar-refractivity contribution < 1.29 is 0 Å². The van der Waals surface area contributed by atoms with Crippen molar-refractivity contribution in [2.45, 2.75) is 13.0 Å². The molecule has 0 fully saturated rings. The number of hydrogen-bond donors (Lipinski definition) is 2. The minimum atomic E-state index is 0.698. The summed E-state index contributed by atoms with van der Waals surface area (Å²) in [7, 11) is 0. The van der Waals surface area contributed by atoms with Gasteiger partial charge >= 0.3 is 0 Å². The fraction of sp³-hybridized carbons (Fsp3) is 0.375. The summed E-state index contributed by atoms with van der Waals surface area (Å²) in [6, 6.07) is 2.03. The Labute approximate surface area is 65.6 Å². The summed E-state index contributed by atoms with van der Waals surface area (Å²) >= 11 is 0. The molecule has 0 saturated heterocycles. The summed E-state index contributed by atoms with van der Waals surface area (Å²) in [5.74, 6) is 0.698. The van der Waals surface area contributed by atoms with Gasteiger partial charge in [0.05, 0.1) is 0 Å². The number of nitrogens with one attached hydrogen (secondary N) is 1. The molecule has 2 rings (SSSR count). The highest BCUT2D eigenvalue weighted by Crippen LogP contribution is 2.17. The van der Waals surface area contributed by atoms with Crippen LogP contribution in [-0.4, -0.2) is 11.5 Å². The molecule has 0 atom stereocenters. The Morgan fingerprint density at radius 2 is 2.45 bits per heavy atom. The third-order valence-electron chi connectivity index (χ3n) is 2.05. The molecule has 0 aliphatic carbocycles. The number of rotatable bonds is 0. The zero-order valence-corrected chi connectivity index (χ0v) is 6.30. The lowest BCUT2D eigenvalue weighted by Crippen LogP contribution is -2.24. The number of hydrogen-bond acceptors (Lipinski definition) is 3. The number of pyridine rings is 1. The lowest BCUT2D eigenvalue weighted by Gasteiger charge is -2.17. The van der Waals surface area contributed by atoms with Crippen LogP contribution in [0.5, 0.6) is 0 Å². The number of aromatic nitrogens is 1. The molecule has 1 aromatic heterocycles. The molecule has 2 heterocycles. The van der Waals surface area contributed by atoms with E-state index in [1.165, 1.54) is 11.1 Å². The Hall–Kier alpha value is -1.09. The van der Waals surface area contributed by atoms with Gasteiger partial charge in [-0.15, -0.1) is 0 Å². The number of nitrogens with zero attached hydrogens (tertiary/aromatic N) is 1. The van der Waals surface area contributed by atoms with Gasteiger partial charge in [-0.1, -0.05) is 0 Å². The van der Waals surface area contributed by atoms with Crippen molar-refractivity contribution in [1.82, 2.24) is 10.3 Å². The van der Waals surface area contributed by atoms with E-state index in [4.69, 9.17) is 5.73 Å². The predicted octanol–water partition coefficient (Wildman–Crippen LogP) is 0.309. The minimum Gasteiger partial charge on any atom is -0.383 e. The molecule has 0 saturated carbocycles. The largest absolute Gasteiger partial charge is 0.383 e. The van der Waals surface area contributed by atoms with Crippen molar-refractivity contribution in [1.29, 1.82) is 0 Å². The second-order valence-electron chi connectivity index (χ2n) is 2.76. The molecule has 1 aromatic rings. The summed E-state index contributed by atoms with van der Waals surface area (Å²) in [5, 5.41) is 3.28. The van der Waals surface area contributed by atoms with Gasteiger partial charge in [0.2, 0.25) is 0 Å². The van der Waals surface area contributed by atoms with Crippen LogP contribution in [0.4, 0.5) is 5.82 Å². The van der Waals surface area contributed by atoms with Crippen molar-refractivity contribution >= 4 is 5.82 Å². The Kier molecular flexibility index (Phi) is 1.51. The van der Waals surface area contributed by atoms with Crippen molar-refractivity contribution in [3.05, 3.63) is 23.4 Å². The molecule has 1 aliphatic rings. The second kappa shape index (κ2) is 2.51. The smallest absolute Gasteiger partial charge is 0.126 e. The van der Waals surface area contributed by atoms with Gasteiger partial charge in [-0.05, 0) is 30.2 Å². The van der Waals surface area contributed by atoms with Crippen molar-refractivity contribution in [3.8, 4) is 0 Å². The first-order valence-electron chi connectivity index (χ1n) is 3.81. The summed E-state index contributed by atoms with van der Waals surface area (Å²) < 4.78 is 0. The summed E-state index contributed by atoms with van der Waals surface area (Å²) in [5.41, 5.74) is 8.23. The van der Waals surface area contributed by atoms with Gasteiger partial charge in [0.25, 0.3) is 0 Å². The highest BCUT2D eigenvalue weighted by atomic mass is 14.9. The molecule has 58 valence electrons. The molecule has 3 nitrogen and oxygen atoms in total. The van der Waals surface area contributed by atoms with E-state index in [1.54, 1.807) is 6.20 Å². The molecule has 1 aliphatic heterocycles. The van der Waals surface area contributed by atoms with Crippen LogP contribution in [0.15, 0.2) is 12.3 Å². The summed E-state index contributed by atoms with van der Waals surface area (Å²) in [4.78, 5) is 4.04. The van der Waals surface area contributed by atoms with Gasteiger partial charge in [-0.2, -0.15) is 0 Å². The van der Waals surface area contributed by atoms with Crippen LogP contribution in [0.2, 0.25) is 0 Å². The molecule has 3 heteroatoms. The fourth-order valence-electron chi connectivity index (χ4n) is 1.44. The van der Waals surface area contributed by atoms with E-state index >= 15 is 0 Å². The molecule has 0 aromatic carbocycles. The van der Waals surface area contributed by atoms with E-state index in [0.29, 0.717) is 5.82 Å². The predicted molar refractivity (Wildman–Crippen MR) is 44.1 cm³/mol. The van der Waals surface area contributed by atoms with Gasteiger partial charge in [0.15, 0.2) is 0 Å². The average molecular weight is 149 g/mol. The average Bonchev–Trinajstić information content (AvgIpc) is 2.06. The van der Waals surface area contributed by atoms with Gasteiger partial charge in [-0.25, -0.2) is 4.98 Å². The zero-order chi connectivity index (χ0) is 7.68. The minimum absolute atomic E-state index is 0.698. The van der Waals surface area contributed by atoms with E-state index in [9.17, 15) is 0 Å². The maximum absolute atomic E-state index is 5.70. The lowest BCUT2D eigenvalue weighted by atomic mass is 10.0. The van der Waals surface area contributed by atoms with Crippen LogP contribution in [0.3, 0.4) is 0 Å². The van der Waals surface area contributed by atoms with Crippen molar-refractivity contribution in [2.75, 3.05) is 12.3 Å². The van der Waals surface area contributed by atoms with Crippen molar-refractivity contribution in [2.24, 2.45) is 0 Å². The molecule has 0 bridgehead atoms. The SMILES string of the molecule is Nc1nccc2c1CCNC2. The number of fused-ring (bicyclic) bond motifs is 1. The van der Waals surface area contributed by atoms with Crippen LogP contribution in [0.25, 0.3) is 0 Å². The quantitative estimate of drug-likeness (QED) is 0.558. The van der Waals surface area contributed by atoms with Crippen LogP contribution in [0, 0.1) is 0 Å². The van der Waals surface area contributed by atoms with Gasteiger partial charge < -0.3 is 11.1 Å². The molecule has 0 unspecified atom stereocenters. The molecule has 3 N–H and O–H groups in total. The monoisotopic (exact) mass is 149 g/mol. The van der Waals surface area contributed by atoms with Crippen molar-refractivity contribution in [3.63, 3.8) is 0 Å².